The highest BCUT2D eigenvalue weighted by atomic mass is 79.9. The van der Waals surface area contributed by atoms with E-state index in [1.165, 1.54) is 6.07 Å². The van der Waals surface area contributed by atoms with Gasteiger partial charge in [0.1, 0.15) is 5.75 Å². The lowest BCUT2D eigenvalue weighted by molar-refractivity contribution is 0.439. The second kappa shape index (κ2) is 5.72. The first-order valence-electron chi connectivity index (χ1n) is 5.96. The van der Waals surface area contributed by atoms with Crippen molar-refractivity contribution in [3.63, 3.8) is 0 Å². The van der Waals surface area contributed by atoms with Gasteiger partial charge < -0.3 is 10.5 Å². The van der Waals surface area contributed by atoms with Crippen LogP contribution in [-0.4, -0.2) is 0 Å². The topological polar surface area (TPSA) is 35.2 Å². The van der Waals surface area contributed by atoms with E-state index in [2.05, 4.69) is 15.9 Å². The largest absolute Gasteiger partial charge is 0.453 e. The van der Waals surface area contributed by atoms with Crippen molar-refractivity contribution in [1.29, 1.82) is 0 Å². The molecular formula is C15H15BrFNO. The van der Waals surface area contributed by atoms with Crippen molar-refractivity contribution in [3.05, 3.63) is 57.8 Å². The van der Waals surface area contributed by atoms with Crippen LogP contribution in [-0.2, 0) is 0 Å². The zero-order chi connectivity index (χ0) is 14.0. The Bertz CT molecular complexity index is 599. The van der Waals surface area contributed by atoms with Gasteiger partial charge in [-0.05, 0) is 65.2 Å². The van der Waals surface area contributed by atoms with Crippen LogP contribution in [0.25, 0.3) is 0 Å². The molecule has 19 heavy (non-hydrogen) atoms. The number of hydrogen-bond donors (Lipinski definition) is 1. The molecule has 0 amide bonds. The lowest BCUT2D eigenvalue weighted by Gasteiger charge is -2.11. The van der Waals surface area contributed by atoms with E-state index in [1.54, 1.807) is 18.2 Å². The Balaban J connectivity index is 2.28. The quantitative estimate of drug-likeness (QED) is 0.887. The molecule has 0 aliphatic rings. The first-order valence-corrected chi connectivity index (χ1v) is 6.75. The fraction of sp³-hybridized carbons (Fsp3) is 0.200. The molecule has 2 aromatic rings. The van der Waals surface area contributed by atoms with Crippen LogP contribution in [0.5, 0.6) is 11.5 Å². The van der Waals surface area contributed by atoms with Gasteiger partial charge in [-0.25, -0.2) is 4.39 Å². The van der Waals surface area contributed by atoms with Gasteiger partial charge in [-0.3, -0.25) is 0 Å². The third-order valence-corrected chi connectivity index (χ3v) is 3.41. The Morgan fingerprint density at radius 1 is 1.16 bits per heavy atom. The van der Waals surface area contributed by atoms with Gasteiger partial charge in [0.05, 0.1) is 4.47 Å². The highest BCUT2D eigenvalue weighted by Crippen LogP contribution is 2.32. The van der Waals surface area contributed by atoms with Crippen LogP contribution in [0.4, 0.5) is 4.39 Å². The minimum Gasteiger partial charge on any atom is -0.453 e. The van der Waals surface area contributed by atoms with Crippen molar-refractivity contribution < 1.29 is 9.13 Å². The van der Waals surface area contributed by atoms with Crippen molar-refractivity contribution in [2.75, 3.05) is 0 Å². The maximum Gasteiger partial charge on any atom is 0.166 e. The van der Waals surface area contributed by atoms with E-state index >= 15 is 0 Å². The summed E-state index contributed by atoms with van der Waals surface area (Å²) in [4.78, 5) is 0. The second-order valence-corrected chi connectivity index (χ2v) is 5.37. The van der Waals surface area contributed by atoms with Crippen LogP contribution in [0.15, 0.2) is 40.9 Å². The lowest BCUT2D eigenvalue weighted by atomic mass is 10.1. The van der Waals surface area contributed by atoms with Crippen LogP contribution >= 0.6 is 15.9 Å². The standard InChI is InChI=1S/C15H15BrFNO/c1-9-3-5-14(12(16)7-9)19-15-6-4-11(10(2)18)8-13(15)17/h3-8,10H,18H2,1-2H3/t10-/m1/s1. The number of benzene rings is 2. The Hall–Kier alpha value is -1.39. The Morgan fingerprint density at radius 2 is 1.84 bits per heavy atom. The molecule has 0 bridgehead atoms. The van der Waals surface area contributed by atoms with Crippen molar-refractivity contribution in [2.24, 2.45) is 5.73 Å². The molecule has 0 fully saturated rings. The molecule has 100 valence electrons. The van der Waals surface area contributed by atoms with Crippen LogP contribution < -0.4 is 10.5 Å². The summed E-state index contributed by atoms with van der Waals surface area (Å²) in [7, 11) is 0. The van der Waals surface area contributed by atoms with E-state index in [0.29, 0.717) is 5.75 Å². The summed E-state index contributed by atoms with van der Waals surface area (Å²) in [6.07, 6.45) is 0. The van der Waals surface area contributed by atoms with Gasteiger partial charge >= 0.3 is 0 Å². The molecule has 0 aliphatic heterocycles. The lowest BCUT2D eigenvalue weighted by Crippen LogP contribution is -2.05. The predicted molar refractivity (Wildman–Crippen MR) is 78.0 cm³/mol. The summed E-state index contributed by atoms with van der Waals surface area (Å²) >= 11 is 3.40. The smallest absolute Gasteiger partial charge is 0.166 e. The SMILES string of the molecule is Cc1ccc(Oc2ccc([C@@H](C)N)cc2F)c(Br)c1. The van der Waals surface area contributed by atoms with Crippen molar-refractivity contribution in [2.45, 2.75) is 19.9 Å². The highest BCUT2D eigenvalue weighted by Gasteiger charge is 2.10. The average Bonchev–Trinajstić information content (AvgIpc) is 2.34. The maximum absolute atomic E-state index is 13.9. The van der Waals surface area contributed by atoms with Crippen LogP contribution in [0.1, 0.15) is 24.1 Å². The molecule has 0 saturated heterocycles. The molecule has 2 N–H and O–H groups in total. The molecule has 2 aromatic carbocycles. The normalized spacial score (nSPS) is 12.3. The molecule has 0 heterocycles. The average molecular weight is 324 g/mol. The molecule has 0 aliphatic carbocycles. The fourth-order valence-corrected chi connectivity index (χ4v) is 2.26. The van der Waals surface area contributed by atoms with E-state index in [1.807, 2.05) is 26.0 Å². The van der Waals surface area contributed by atoms with Crippen LogP contribution in [0.3, 0.4) is 0 Å². The van der Waals surface area contributed by atoms with Gasteiger partial charge in [-0.1, -0.05) is 12.1 Å². The van der Waals surface area contributed by atoms with E-state index in [4.69, 9.17) is 10.5 Å². The first kappa shape index (κ1) is 14.0. The van der Waals surface area contributed by atoms with Crippen molar-refractivity contribution in [1.82, 2.24) is 0 Å². The summed E-state index contributed by atoms with van der Waals surface area (Å²) in [6.45, 7) is 3.79. The van der Waals surface area contributed by atoms with Gasteiger partial charge in [-0.15, -0.1) is 0 Å². The zero-order valence-electron chi connectivity index (χ0n) is 10.8. The number of ether oxygens (including phenoxy) is 1. The van der Waals surface area contributed by atoms with Gasteiger partial charge in [0.15, 0.2) is 11.6 Å². The number of rotatable bonds is 3. The third kappa shape index (κ3) is 3.33. The van der Waals surface area contributed by atoms with Crippen LogP contribution in [0.2, 0.25) is 0 Å². The van der Waals surface area contributed by atoms with Crippen molar-refractivity contribution >= 4 is 15.9 Å². The summed E-state index contributed by atoms with van der Waals surface area (Å²) < 4.78 is 20.3. The van der Waals surface area contributed by atoms with Crippen LogP contribution in [0, 0.1) is 12.7 Å². The molecule has 0 unspecified atom stereocenters. The van der Waals surface area contributed by atoms with E-state index < -0.39 is 5.82 Å². The zero-order valence-corrected chi connectivity index (χ0v) is 12.4. The molecule has 0 aromatic heterocycles. The maximum atomic E-state index is 13.9. The van der Waals surface area contributed by atoms with E-state index in [-0.39, 0.29) is 11.8 Å². The predicted octanol–water partition coefficient (Wildman–Crippen LogP) is 4.71. The summed E-state index contributed by atoms with van der Waals surface area (Å²) in [5.41, 5.74) is 7.56. The monoisotopic (exact) mass is 323 g/mol. The van der Waals surface area contributed by atoms with Gasteiger partial charge in [0.2, 0.25) is 0 Å². The number of aryl methyl sites for hydroxylation is 1. The highest BCUT2D eigenvalue weighted by molar-refractivity contribution is 9.10. The number of halogens is 2. The molecule has 2 rings (SSSR count). The summed E-state index contributed by atoms with van der Waals surface area (Å²) in [6, 6.07) is 10.2. The molecule has 4 heteroatoms. The Kier molecular flexibility index (Phi) is 4.22. The minimum absolute atomic E-state index is 0.189. The number of hydrogen-bond acceptors (Lipinski definition) is 2. The second-order valence-electron chi connectivity index (χ2n) is 4.51. The van der Waals surface area contributed by atoms with Crippen molar-refractivity contribution in [3.8, 4) is 11.5 Å². The third-order valence-electron chi connectivity index (χ3n) is 2.79. The summed E-state index contributed by atoms with van der Waals surface area (Å²) in [5, 5.41) is 0. The molecular weight excluding hydrogens is 309 g/mol. The van der Waals surface area contributed by atoms with Gasteiger partial charge in [-0.2, -0.15) is 0 Å². The summed E-state index contributed by atoms with van der Waals surface area (Å²) in [5.74, 6) is 0.356. The van der Waals surface area contributed by atoms with E-state index in [0.717, 1.165) is 15.6 Å². The fourth-order valence-electron chi connectivity index (χ4n) is 1.69. The first-order chi connectivity index (χ1) is 8.97. The number of nitrogens with two attached hydrogens (primary N) is 1. The molecule has 0 spiro atoms. The minimum atomic E-state index is -0.415. The van der Waals surface area contributed by atoms with Gasteiger partial charge in [0.25, 0.3) is 0 Å². The molecule has 0 saturated carbocycles. The molecule has 2 nitrogen and oxygen atoms in total. The van der Waals surface area contributed by atoms with E-state index in [9.17, 15) is 4.39 Å². The molecule has 0 radical (unpaired) electrons. The Morgan fingerprint density at radius 3 is 2.42 bits per heavy atom. The van der Waals surface area contributed by atoms with Gasteiger partial charge in [0, 0.05) is 6.04 Å². The Labute approximate surface area is 120 Å². The molecule has 1 atom stereocenters.